The number of aryl methyl sites for hydroxylation is 1. The second kappa shape index (κ2) is 5.39. The zero-order chi connectivity index (χ0) is 12.4. The highest BCUT2D eigenvalue weighted by molar-refractivity contribution is 4.96. The molecule has 4 nitrogen and oxygen atoms in total. The average Bonchev–Trinajstić information content (AvgIpc) is 2.99. The SMILES string of the molecule is CCCn1ncnc1CC1CCC2CCCC2N1. The molecule has 0 spiro atoms. The van der Waals surface area contributed by atoms with Crippen LogP contribution in [0, 0.1) is 5.92 Å². The molecule has 3 atom stereocenters. The van der Waals surface area contributed by atoms with E-state index in [2.05, 4.69) is 27.0 Å². The van der Waals surface area contributed by atoms with Crippen molar-refractivity contribution in [1.82, 2.24) is 20.1 Å². The molecule has 100 valence electrons. The maximum absolute atomic E-state index is 4.43. The third-order valence-corrected chi connectivity index (χ3v) is 4.55. The van der Waals surface area contributed by atoms with Crippen LogP contribution in [0.25, 0.3) is 0 Å². The molecule has 1 saturated heterocycles. The molecule has 4 heteroatoms. The molecule has 2 fully saturated rings. The first-order chi connectivity index (χ1) is 8.86. The minimum absolute atomic E-state index is 0.615. The van der Waals surface area contributed by atoms with Gasteiger partial charge in [-0.05, 0) is 38.0 Å². The smallest absolute Gasteiger partial charge is 0.138 e. The average molecular weight is 248 g/mol. The predicted octanol–water partition coefficient (Wildman–Crippen LogP) is 2.15. The third-order valence-electron chi connectivity index (χ3n) is 4.55. The first kappa shape index (κ1) is 12.2. The van der Waals surface area contributed by atoms with Gasteiger partial charge in [-0.15, -0.1) is 0 Å². The summed E-state index contributed by atoms with van der Waals surface area (Å²) in [6, 6.07) is 1.40. The minimum Gasteiger partial charge on any atom is -0.311 e. The van der Waals surface area contributed by atoms with Gasteiger partial charge >= 0.3 is 0 Å². The highest BCUT2D eigenvalue weighted by atomic mass is 15.3. The summed E-state index contributed by atoms with van der Waals surface area (Å²) in [7, 11) is 0. The zero-order valence-electron chi connectivity index (χ0n) is 11.3. The van der Waals surface area contributed by atoms with Gasteiger partial charge in [0.25, 0.3) is 0 Å². The van der Waals surface area contributed by atoms with E-state index in [9.17, 15) is 0 Å². The molecule has 1 saturated carbocycles. The fourth-order valence-corrected chi connectivity index (χ4v) is 3.63. The summed E-state index contributed by atoms with van der Waals surface area (Å²) in [4.78, 5) is 4.43. The van der Waals surface area contributed by atoms with Gasteiger partial charge in [-0.1, -0.05) is 13.3 Å². The van der Waals surface area contributed by atoms with E-state index in [-0.39, 0.29) is 0 Å². The van der Waals surface area contributed by atoms with Gasteiger partial charge in [-0.3, -0.25) is 4.68 Å². The molecular weight excluding hydrogens is 224 g/mol. The fourth-order valence-electron chi connectivity index (χ4n) is 3.63. The lowest BCUT2D eigenvalue weighted by atomic mass is 9.88. The lowest BCUT2D eigenvalue weighted by Crippen LogP contribution is -2.46. The van der Waals surface area contributed by atoms with Gasteiger partial charge in [0.15, 0.2) is 0 Å². The van der Waals surface area contributed by atoms with E-state index in [0.29, 0.717) is 6.04 Å². The molecular formula is C14H24N4. The van der Waals surface area contributed by atoms with Crippen LogP contribution < -0.4 is 5.32 Å². The highest BCUT2D eigenvalue weighted by Gasteiger charge is 2.33. The van der Waals surface area contributed by atoms with Crippen molar-refractivity contribution in [2.45, 2.75) is 70.5 Å². The van der Waals surface area contributed by atoms with Crippen LogP contribution in [-0.4, -0.2) is 26.8 Å². The lowest BCUT2D eigenvalue weighted by molar-refractivity contribution is 0.254. The number of piperidine rings is 1. The number of aromatic nitrogens is 3. The second-order valence-electron chi connectivity index (χ2n) is 5.84. The van der Waals surface area contributed by atoms with Crippen LogP contribution in [0.4, 0.5) is 0 Å². The lowest BCUT2D eigenvalue weighted by Gasteiger charge is -2.33. The molecule has 2 aliphatic rings. The standard InChI is InChI=1S/C14H24N4/c1-2-8-18-14(15-10-16-18)9-12-7-6-11-4-3-5-13(11)17-12/h10-13,17H,2-9H2,1H3. The van der Waals surface area contributed by atoms with Crippen molar-refractivity contribution in [3.8, 4) is 0 Å². The van der Waals surface area contributed by atoms with Gasteiger partial charge in [0.05, 0.1) is 0 Å². The number of rotatable bonds is 4. The molecule has 1 aliphatic heterocycles. The predicted molar refractivity (Wildman–Crippen MR) is 71.3 cm³/mol. The second-order valence-corrected chi connectivity index (χ2v) is 5.84. The Kier molecular flexibility index (Phi) is 3.64. The van der Waals surface area contributed by atoms with E-state index in [1.165, 1.54) is 32.1 Å². The van der Waals surface area contributed by atoms with Crippen molar-refractivity contribution in [3.05, 3.63) is 12.2 Å². The van der Waals surface area contributed by atoms with Crippen molar-refractivity contribution in [2.24, 2.45) is 5.92 Å². The van der Waals surface area contributed by atoms with Gasteiger partial charge in [-0.2, -0.15) is 5.10 Å². The Hall–Kier alpha value is -0.900. The van der Waals surface area contributed by atoms with Crippen molar-refractivity contribution in [2.75, 3.05) is 0 Å². The van der Waals surface area contributed by atoms with Crippen LogP contribution in [0.3, 0.4) is 0 Å². The largest absolute Gasteiger partial charge is 0.311 e. The zero-order valence-corrected chi connectivity index (χ0v) is 11.3. The number of hydrogen-bond donors (Lipinski definition) is 1. The molecule has 1 aromatic rings. The third kappa shape index (κ3) is 2.44. The Morgan fingerprint density at radius 3 is 3.17 bits per heavy atom. The van der Waals surface area contributed by atoms with Crippen LogP contribution >= 0.6 is 0 Å². The topological polar surface area (TPSA) is 42.7 Å². The Balaban J connectivity index is 1.60. The number of nitrogens with zero attached hydrogens (tertiary/aromatic N) is 3. The van der Waals surface area contributed by atoms with Crippen molar-refractivity contribution in [3.63, 3.8) is 0 Å². The number of nitrogens with one attached hydrogen (secondary N) is 1. The van der Waals surface area contributed by atoms with Gasteiger partial charge in [-0.25, -0.2) is 4.98 Å². The van der Waals surface area contributed by atoms with E-state index < -0.39 is 0 Å². The number of hydrogen-bond acceptors (Lipinski definition) is 3. The quantitative estimate of drug-likeness (QED) is 0.888. The number of fused-ring (bicyclic) bond motifs is 1. The fraction of sp³-hybridized carbons (Fsp3) is 0.857. The van der Waals surface area contributed by atoms with Crippen LogP contribution in [0.2, 0.25) is 0 Å². The molecule has 18 heavy (non-hydrogen) atoms. The summed E-state index contributed by atoms with van der Waals surface area (Å²) < 4.78 is 2.07. The molecule has 0 radical (unpaired) electrons. The summed E-state index contributed by atoms with van der Waals surface area (Å²) in [6.07, 6.45) is 10.8. The molecule has 1 N–H and O–H groups in total. The molecule has 0 bridgehead atoms. The van der Waals surface area contributed by atoms with E-state index >= 15 is 0 Å². The maximum atomic E-state index is 4.43. The minimum atomic E-state index is 0.615. The van der Waals surface area contributed by atoms with Crippen LogP contribution in [-0.2, 0) is 13.0 Å². The van der Waals surface area contributed by atoms with E-state index in [1.807, 2.05) is 0 Å². The Morgan fingerprint density at radius 2 is 2.28 bits per heavy atom. The summed E-state index contributed by atoms with van der Waals surface area (Å²) in [5, 5.41) is 8.16. The van der Waals surface area contributed by atoms with E-state index in [0.717, 1.165) is 37.2 Å². The monoisotopic (exact) mass is 248 g/mol. The van der Waals surface area contributed by atoms with Crippen LogP contribution in [0.5, 0.6) is 0 Å². The summed E-state index contributed by atoms with van der Waals surface area (Å²) in [5.41, 5.74) is 0. The van der Waals surface area contributed by atoms with Crippen molar-refractivity contribution < 1.29 is 0 Å². The molecule has 1 aromatic heterocycles. The van der Waals surface area contributed by atoms with Crippen LogP contribution in [0.15, 0.2) is 6.33 Å². The Morgan fingerprint density at radius 1 is 1.33 bits per heavy atom. The first-order valence-electron chi connectivity index (χ1n) is 7.49. The summed E-state index contributed by atoms with van der Waals surface area (Å²) in [5.74, 6) is 2.11. The van der Waals surface area contributed by atoms with Crippen molar-refractivity contribution >= 4 is 0 Å². The van der Waals surface area contributed by atoms with Crippen molar-refractivity contribution in [1.29, 1.82) is 0 Å². The Labute approximate surface area is 109 Å². The molecule has 2 heterocycles. The van der Waals surface area contributed by atoms with E-state index in [1.54, 1.807) is 6.33 Å². The van der Waals surface area contributed by atoms with Gasteiger partial charge in [0, 0.05) is 25.0 Å². The van der Waals surface area contributed by atoms with Gasteiger partial charge in [0.2, 0.25) is 0 Å². The normalized spacial score (nSPS) is 31.5. The van der Waals surface area contributed by atoms with Gasteiger partial charge < -0.3 is 5.32 Å². The molecule has 1 aliphatic carbocycles. The van der Waals surface area contributed by atoms with E-state index in [4.69, 9.17) is 0 Å². The van der Waals surface area contributed by atoms with Gasteiger partial charge in [0.1, 0.15) is 12.2 Å². The maximum Gasteiger partial charge on any atom is 0.138 e. The first-order valence-corrected chi connectivity index (χ1v) is 7.49. The molecule has 0 aromatic carbocycles. The molecule has 3 unspecified atom stereocenters. The Bertz CT molecular complexity index is 387. The van der Waals surface area contributed by atoms with Crippen LogP contribution in [0.1, 0.15) is 51.3 Å². The summed E-state index contributed by atoms with van der Waals surface area (Å²) >= 11 is 0. The summed E-state index contributed by atoms with van der Waals surface area (Å²) in [6.45, 7) is 3.18. The molecule has 0 amide bonds. The molecule has 3 rings (SSSR count). The highest BCUT2D eigenvalue weighted by Crippen LogP contribution is 2.34.